The van der Waals surface area contributed by atoms with E-state index in [2.05, 4.69) is 4.98 Å². The standard InChI is InChI=1S/C17H18N2O3/c1-13-2-4-14(5-3-13)12-19(11-8-16(20)21)17(22)15-6-9-18-10-7-15/h2-7,9-10H,8,11-12H2,1H3,(H,20,21). The second kappa shape index (κ2) is 7.36. The minimum Gasteiger partial charge on any atom is -0.481 e. The van der Waals surface area contributed by atoms with Gasteiger partial charge in [0.2, 0.25) is 0 Å². The molecule has 0 unspecified atom stereocenters. The highest BCUT2D eigenvalue weighted by Gasteiger charge is 2.17. The summed E-state index contributed by atoms with van der Waals surface area (Å²) in [5, 5.41) is 8.87. The zero-order chi connectivity index (χ0) is 15.9. The second-order valence-electron chi connectivity index (χ2n) is 5.09. The molecule has 0 aliphatic rings. The van der Waals surface area contributed by atoms with Gasteiger partial charge in [-0.25, -0.2) is 0 Å². The van der Waals surface area contributed by atoms with E-state index in [-0.39, 0.29) is 18.9 Å². The van der Waals surface area contributed by atoms with E-state index < -0.39 is 5.97 Å². The van der Waals surface area contributed by atoms with Crippen LogP contribution in [0.2, 0.25) is 0 Å². The van der Waals surface area contributed by atoms with Crippen molar-refractivity contribution in [2.75, 3.05) is 6.54 Å². The molecule has 1 aromatic heterocycles. The van der Waals surface area contributed by atoms with Gasteiger partial charge in [0.15, 0.2) is 0 Å². The first-order valence-corrected chi connectivity index (χ1v) is 7.03. The number of hydrogen-bond donors (Lipinski definition) is 1. The molecule has 0 atom stereocenters. The van der Waals surface area contributed by atoms with Gasteiger partial charge in [0.05, 0.1) is 6.42 Å². The highest BCUT2D eigenvalue weighted by atomic mass is 16.4. The Morgan fingerprint density at radius 1 is 1.09 bits per heavy atom. The van der Waals surface area contributed by atoms with Crippen LogP contribution in [-0.2, 0) is 11.3 Å². The van der Waals surface area contributed by atoms with Crippen LogP contribution < -0.4 is 0 Å². The van der Waals surface area contributed by atoms with Gasteiger partial charge in [-0.1, -0.05) is 29.8 Å². The molecule has 1 N–H and O–H groups in total. The molecule has 0 saturated heterocycles. The van der Waals surface area contributed by atoms with E-state index in [0.29, 0.717) is 12.1 Å². The summed E-state index contributed by atoms with van der Waals surface area (Å²) in [4.78, 5) is 28.8. The number of amides is 1. The van der Waals surface area contributed by atoms with E-state index in [1.807, 2.05) is 31.2 Å². The van der Waals surface area contributed by atoms with Gasteiger partial charge in [-0.15, -0.1) is 0 Å². The Kier molecular flexibility index (Phi) is 5.25. The van der Waals surface area contributed by atoms with E-state index in [1.165, 1.54) is 0 Å². The molecular weight excluding hydrogens is 280 g/mol. The Morgan fingerprint density at radius 3 is 2.32 bits per heavy atom. The summed E-state index contributed by atoms with van der Waals surface area (Å²) in [5.74, 6) is -1.11. The van der Waals surface area contributed by atoms with E-state index in [1.54, 1.807) is 29.4 Å². The fourth-order valence-electron chi connectivity index (χ4n) is 2.07. The highest BCUT2D eigenvalue weighted by molar-refractivity contribution is 5.94. The Bertz CT molecular complexity index is 639. The van der Waals surface area contributed by atoms with Crippen molar-refractivity contribution in [2.24, 2.45) is 0 Å². The fourth-order valence-corrected chi connectivity index (χ4v) is 2.07. The summed E-state index contributed by atoms with van der Waals surface area (Å²) < 4.78 is 0. The number of hydrogen-bond acceptors (Lipinski definition) is 3. The first-order chi connectivity index (χ1) is 10.6. The molecule has 1 heterocycles. The lowest BCUT2D eigenvalue weighted by Crippen LogP contribution is -2.32. The van der Waals surface area contributed by atoms with Crippen molar-refractivity contribution in [1.29, 1.82) is 0 Å². The zero-order valence-electron chi connectivity index (χ0n) is 12.4. The molecule has 5 nitrogen and oxygen atoms in total. The number of carboxylic acid groups (broad SMARTS) is 1. The third-order valence-electron chi connectivity index (χ3n) is 3.30. The van der Waals surface area contributed by atoms with Crippen molar-refractivity contribution in [3.63, 3.8) is 0 Å². The summed E-state index contributed by atoms with van der Waals surface area (Å²) in [7, 11) is 0. The van der Waals surface area contributed by atoms with Crippen LogP contribution in [0.3, 0.4) is 0 Å². The van der Waals surface area contributed by atoms with Crippen molar-refractivity contribution in [2.45, 2.75) is 19.9 Å². The number of benzene rings is 1. The van der Waals surface area contributed by atoms with Gasteiger partial charge < -0.3 is 10.0 Å². The van der Waals surface area contributed by atoms with Crippen molar-refractivity contribution in [3.8, 4) is 0 Å². The highest BCUT2D eigenvalue weighted by Crippen LogP contribution is 2.11. The largest absolute Gasteiger partial charge is 0.481 e. The molecule has 0 spiro atoms. The van der Waals surface area contributed by atoms with Crippen LogP contribution in [-0.4, -0.2) is 33.4 Å². The van der Waals surface area contributed by atoms with E-state index in [4.69, 9.17) is 5.11 Å². The second-order valence-corrected chi connectivity index (χ2v) is 5.09. The van der Waals surface area contributed by atoms with Crippen molar-refractivity contribution in [3.05, 3.63) is 65.5 Å². The van der Waals surface area contributed by atoms with Gasteiger partial charge in [-0.05, 0) is 24.6 Å². The van der Waals surface area contributed by atoms with Crippen LogP contribution >= 0.6 is 0 Å². The molecule has 2 aromatic rings. The summed E-state index contributed by atoms with van der Waals surface area (Å²) in [5.41, 5.74) is 2.62. The maximum atomic E-state index is 12.5. The average Bonchev–Trinajstić information content (AvgIpc) is 2.53. The number of aliphatic carboxylic acids is 1. The minimum atomic E-state index is -0.920. The maximum Gasteiger partial charge on any atom is 0.305 e. The predicted octanol–water partition coefficient (Wildman–Crippen LogP) is 2.51. The molecular formula is C17H18N2O3. The third kappa shape index (κ3) is 4.41. The summed E-state index contributed by atoms with van der Waals surface area (Å²) in [6.45, 7) is 2.55. The van der Waals surface area contributed by atoms with E-state index >= 15 is 0 Å². The van der Waals surface area contributed by atoms with Crippen LogP contribution in [0.5, 0.6) is 0 Å². The predicted molar refractivity (Wildman–Crippen MR) is 82.4 cm³/mol. The summed E-state index contributed by atoms with van der Waals surface area (Å²) >= 11 is 0. The Labute approximate surface area is 129 Å². The topological polar surface area (TPSA) is 70.5 Å². The maximum absolute atomic E-state index is 12.5. The molecule has 22 heavy (non-hydrogen) atoms. The summed E-state index contributed by atoms with van der Waals surface area (Å²) in [6.07, 6.45) is 3.02. The quantitative estimate of drug-likeness (QED) is 0.889. The van der Waals surface area contributed by atoms with Gasteiger partial charge >= 0.3 is 5.97 Å². The molecule has 1 amide bonds. The Morgan fingerprint density at radius 2 is 1.73 bits per heavy atom. The van der Waals surface area contributed by atoms with E-state index in [9.17, 15) is 9.59 Å². The van der Waals surface area contributed by atoms with Crippen LogP contribution in [0.4, 0.5) is 0 Å². The first-order valence-electron chi connectivity index (χ1n) is 7.03. The molecule has 0 radical (unpaired) electrons. The number of carbonyl (C=O) groups excluding carboxylic acids is 1. The van der Waals surface area contributed by atoms with E-state index in [0.717, 1.165) is 11.1 Å². The van der Waals surface area contributed by atoms with Crippen LogP contribution in [0.1, 0.15) is 27.9 Å². The zero-order valence-corrected chi connectivity index (χ0v) is 12.4. The van der Waals surface area contributed by atoms with Crippen molar-refractivity contribution < 1.29 is 14.7 Å². The molecule has 0 saturated carbocycles. The van der Waals surface area contributed by atoms with Crippen molar-refractivity contribution in [1.82, 2.24) is 9.88 Å². The lowest BCUT2D eigenvalue weighted by atomic mass is 10.1. The summed E-state index contributed by atoms with van der Waals surface area (Å²) in [6, 6.07) is 11.1. The number of carboxylic acids is 1. The normalized spacial score (nSPS) is 10.2. The number of rotatable bonds is 6. The SMILES string of the molecule is Cc1ccc(CN(CCC(=O)O)C(=O)c2ccncc2)cc1. The molecule has 1 aromatic carbocycles. The van der Waals surface area contributed by atoms with Crippen molar-refractivity contribution >= 4 is 11.9 Å². The van der Waals surface area contributed by atoms with Gasteiger partial charge in [-0.2, -0.15) is 0 Å². The first kappa shape index (κ1) is 15.7. The number of pyridine rings is 1. The van der Waals surface area contributed by atoms with Crippen LogP contribution in [0, 0.1) is 6.92 Å². The number of carbonyl (C=O) groups is 2. The van der Waals surface area contributed by atoms with Crippen LogP contribution in [0.25, 0.3) is 0 Å². The molecule has 2 rings (SSSR count). The molecule has 0 aliphatic heterocycles. The van der Waals surface area contributed by atoms with Gasteiger partial charge in [0, 0.05) is 31.0 Å². The smallest absolute Gasteiger partial charge is 0.305 e. The van der Waals surface area contributed by atoms with Gasteiger partial charge in [0.1, 0.15) is 0 Å². The van der Waals surface area contributed by atoms with Gasteiger partial charge in [0.25, 0.3) is 5.91 Å². The molecule has 114 valence electrons. The van der Waals surface area contributed by atoms with Crippen LogP contribution in [0.15, 0.2) is 48.8 Å². The lowest BCUT2D eigenvalue weighted by molar-refractivity contribution is -0.137. The number of aryl methyl sites for hydroxylation is 1. The minimum absolute atomic E-state index is 0.0807. The Hall–Kier alpha value is -2.69. The van der Waals surface area contributed by atoms with Gasteiger partial charge in [-0.3, -0.25) is 14.6 Å². The number of nitrogens with zero attached hydrogens (tertiary/aromatic N) is 2. The lowest BCUT2D eigenvalue weighted by Gasteiger charge is -2.22. The fraction of sp³-hybridized carbons (Fsp3) is 0.235. The molecule has 0 bridgehead atoms. The Balaban J connectivity index is 2.16. The number of aromatic nitrogens is 1. The monoisotopic (exact) mass is 298 g/mol. The average molecular weight is 298 g/mol. The molecule has 0 fully saturated rings. The molecule has 5 heteroatoms. The molecule has 0 aliphatic carbocycles. The third-order valence-corrected chi connectivity index (χ3v) is 3.30.